The largest absolute Gasteiger partial charge is 0.307 e. The first-order valence-corrected chi connectivity index (χ1v) is 9.81. The van der Waals surface area contributed by atoms with Crippen molar-refractivity contribution < 1.29 is 0 Å². The molecule has 4 heterocycles. The molecular weight excluding hydrogens is 364 g/mol. The van der Waals surface area contributed by atoms with Gasteiger partial charge in [0.1, 0.15) is 5.69 Å². The molecule has 1 aliphatic rings. The van der Waals surface area contributed by atoms with Crippen molar-refractivity contribution in [1.82, 2.24) is 20.1 Å². The predicted molar refractivity (Wildman–Crippen MR) is 108 cm³/mol. The van der Waals surface area contributed by atoms with Crippen molar-refractivity contribution in [1.29, 1.82) is 0 Å². The minimum absolute atomic E-state index is 0.416. The van der Waals surface area contributed by atoms with Gasteiger partial charge in [0.15, 0.2) is 0 Å². The lowest BCUT2D eigenvalue weighted by Crippen LogP contribution is -2.36. The summed E-state index contributed by atoms with van der Waals surface area (Å²) in [6.07, 6.45) is 3.68. The highest BCUT2D eigenvalue weighted by molar-refractivity contribution is 7.22. The van der Waals surface area contributed by atoms with Crippen molar-refractivity contribution in [2.45, 2.75) is 26.1 Å². The molecule has 6 heteroatoms. The molecule has 1 aromatic carbocycles. The van der Waals surface area contributed by atoms with Gasteiger partial charge in [-0.05, 0) is 42.1 Å². The highest BCUT2D eigenvalue weighted by atomic mass is 35.5. The molecule has 1 unspecified atom stereocenters. The van der Waals surface area contributed by atoms with E-state index in [4.69, 9.17) is 16.7 Å². The van der Waals surface area contributed by atoms with Gasteiger partial charge in [-0.15, -0.1) is 11.3 Å². The van der Waals surface area contributed by atoms with E-state index >= 15 is 0 Å². The van der Waals surface area contributed by atoms with Crippen LogP contribution in [0.4, 0.5) is 0 Å². The molecular formula is C20H17ClN4S. The van der Waals surface area contributed by atoms with Crippen LogP contribution >= 0.6 is 22.9 Å². The number of thiophene rings is 1. The number of halogens is 1. The van der Waals surface area contributed by atoms with Gasteiger partial charge in [0.25, 0.3) is 0 Å². The number of rotatable bonds is 2. The van der Waals surface area contributed by atoms with Crippen molar-refractivity contribution in [3.63, 3.8) is 0 Å². The van der Waals surface area contributed by atoms with Gasteiger partial charge in [-0.2, -0.15) is 5.10 Å². The summed E-state index contributed by atoms with van der Waals surface area (Å²) in [4.78, 5) is 4.17. The summed E-state index contributed by atoms with van der Waals surface area (Å²) in [5, 5.41) is 9.72. The van der Waals surface area contributed by atoms with Crippen molar-refractivity contribution in [3.8, 4) is 22.4 Å². The molecule has 1 N–H and O–H groups in total. The van der Waals surface area contributed by atoms with E-state index in [9.17, 15) is 0 Å². The van der Waals surface area contributed by atoms with E-state index in [-0.39, 0.29) is 0 Å². The maximum absolute atomic E-state index is 6.19. The van der Waals surface area contributed by atoms with Crippen LogP contribution in [0.15, 0.2) is 48.8 Å². The summed E-state index contributed by atoms with van der Waals surface area (Å²) >= 11 is 7.80. The van der Waals surface area contributed by atoms with Crippen LogP contribution in [0.1, 0.15) is 12.6 Å². The van der Waals surface area contributed by atoms with E-state index in [2.05, 4.69) is 52.2 Å². The second-order valence-electron chi connectivity index (χ2n) is 6.67. The Morgan fingerprint density at radius 1 is 1.15 bits per heavy atom. The molecule has 0 aliphatic carbocycles. The standard InChI is InChI=1S/C20H17ClN4S/c1-12-11-25-16(10-23-12)19(13-4-6-22-7-5-13)20(24-25)15-3-2-14-9-18(21)26-17(14)8-15/h2-9,12,23H,10-11H2,1H3. The Kier molecular flexibility index (Phi) is 3.81. The van der Waals surface area contributed by atoms with Crippen molar-refractivity contribution in [2.24, 2.45) is 0 Å². The summed E-state index contributed by atoms with van der Waals surface area (Å²) in [5.74, 6) is 0. The molecule has 0 saturated carbocycles. The minimum atomic E-state index is 0.416. The number of hydrogen-bond donors (Lipinski definition) is 1. The monoisotopic (exact) mass is 380 g/mol. The number of pyridine rings is 1. The zero-order valence-corrected chi connectivity index (χ0v) is 15.8. The Bertz CT molecular complexity index is 1100. The zero-order chi connectivity index (χ0) is 17.7. The lowest BCUT2D eigenvalue weighted by molar-refractivity contribution is 0.390. The second kappa shape index (κ2) is 6.20. The van der Waals surface area contributed by atoms with Crippen molar-refractivity contribution >= 4 is 33.0 Å². The highest BCUT2D eigenvalue weighted by Crippen LogP contribution is 2.38. The molecule has 1 aliphatic heterocycles. The van der Waals surface area contributed by atoms with E-state index in [1.54, 1.807) is 11.3 Å². The normalized spacial score (nSPS) is 16.8. The molecule has 0 amide bonds. The van der Waals surface area contributed by atoms with Crippen LogP contribution in [0.5, 0.6) is 0 Å². The van der Waals surface area contributed by atoms with Crippen LogP contribution in [0.3, 0.4) is 0 Å². The van der Waals surface area contributed by atoms with Gasteiger partial charge in [-0.1, -0.05) is 23.7 Å². The van der Waals surface area contributed by atoms with E-state index in [0.717, 1.165) is 34.2 Å². The van der Waals surface area contributed by atoms with Gasteiger partial charge < -0.3 is 5.32 Å². The Morgan fingerprint density at radius 2 is 2.00 bits per heavy atom. The molecule has 1 atom stereocenters. The number of nitrogens with zero attached hydrogens (tertiary/aromatic N) is 3. The zero-order valence-electron chi connectivity index (χ0n) is 14.2. The molecule has 26 heavy (non-hydrogen) atoms. The number of hydrogen-bond acceptors (Lipinski definition) is 4. The summed E-state index contributed by atoms with van der Waals surface area (Å²) in [6.45, 7) is 3.88. The topological polar surface area (TPSA) is 42.7 Å². The summed E-state index contributed by atoms with van der Waals surface area (Å²) < 4.78 is 4.15. The first-order chi connectivity index (χ1) is 12.7. The summed E-state index contributed by atoms with van der Waals surface area (Å²) in [5.41, 5.74) is 5.71. The van der Waals surface area contributed by atoms with Crippen LogP contribution in [0.25, 0.3) is 32.5 Å². The molecule has 0 fully saturated rings. The number of fused-ring (bicyclic) bond motifs is 2. The molecule has 4 aromatic rings. The van der Waals surface area contributed by atoms with Gasteiger partial charge in [0.2, 0.25) is 0 Å². The van der Waals surface area contributed by atoms with Crippen LogP contribution in [-0.4, -0.2) is 20.8 Å². The second-order valence-corrected chi connectivity index (χ2v) is 8.39. The lowest BCUT2D eigenvalue weighted by atomic mass is 9.98. The first kappa shape index (κ1) is 16.0. The van der Waals surface area contributed by atoms with Crippen LogP contribution in [0, 0.1) is 0 Å². The molecule has 0 saturated heterocycles. The third-order valence-corrected chi connectivity index (χ3v) is 6.08. The van der Waals surface area contributed by atoms with Crippen molar-refractivity contribution in [2.75, 3.05) is 0 Å². The van der Waals surface area contributed by atoms with Gasteiger partial charge in [0, 0.05) is 40.8 Å². The molecule has 0 bridgehead atoms. The minimum Gasteiger partial charge on any atom is -0.307 e. The third-order valence-electron chi connectivity index (χ3n) is 4.85. The fourth-order valence-electron chi connectivity index (χ4n) is 3.59. The Labute approximate surface area is 160 Å². The quantitative estimate of drug-likeness (QED) is 0.533. The maximum Gasteiger partial charge on any atom is 0.101 e. The lowest BCUT2D eigenvalue weighted by Gasteiger charge is -2.22. The Morgan fingerprint density at radius 3 is 2.85 bits per heavy atom. The van der Waals surface area contributed by atoms with E-state index in [1.165, 1.54) is 21.3 Å². The molecule has 130 valence electrons. The number of nitrogens with one attached hydrogen (secondary N) is 1. The number of benzene rings is 1. The van der Waals surface area contributed by atoms with Gasteiger partial charge >= 0.3 is 0 Å². The Balaban J connectivity index is 1.74. The molecule has 4 nitrogen and oxygen atoms in total. The SMILES string of the molecule is CC1Cn2nc(-c3ccc4cc(Cl)sc4c3)c(-c3ccncc3)c2CN1. The molecule has 3 aromatic heterocycles. The Hall–Kier alpha value is -2.21. The molecule has 5 rings (SSSR count). The van der Waals surface area contributed by atoms with Gasteiger partial charge in [-0.3, -0.25) is 9.67 Å². The van der Waals surface area contributed by atoms with E-state index < -0.39 is 0 Å². The average molecular weight is 381 g/mol. The average Bonchev–Trinajstić information content (AvgIpc) is 3.20. The van der Waals surface area contributed by atoms with Crippen molar-refractivity contribution in [3.05, 3.63) is 58.8 Å². The van der Waals surface area contributed by atoms with E-state index in [0.29, 0.717) is 6.04 Å². The van der Waals surface area contributed by atoms with Crippen LogP contribution in [-0.2, 0) is 13.1 Å². The van der Waals surface area contributed by atoms with Gasteiger partial charge in [0.05, 0.1) is 16.6 Å². The molecule has 0 radical (unpaired) electrons. The fourth-order valence-corrected chi connectivity index (χ4v) is 4.79. The maximum atomic E-state index is 6.19. The predicted octanol–water partition coefficient (Wildman–Crippen LogP) is 4.97. The van der Waals surface area contributed by atoms with E-state index in [1.807, 2.05) is 18.5 Å². The van der Waals surface area contributed by atoms with Crippen LogP contribution < -0.4 is 5.32 Å². The molecule has 0 spiro atoms. The summed E-state index contributed by atoms with van der Waals surface area (Å²) in [6, 6.07) is 13.0. The summed E-state index contributed by atoms with van der Waals surface area (Å²) in [7, 11) is 0. The van der Waals surface area contributed by atoms with Gasteiger partial charge in [-0.25, -0.2) is 0 Å². The third kappa shape index (κ3) is 2.63. The first-order valence-electron chi connectivity index (χ1n) is 8.62. The fraction of sp³-hybridized carbons (Fsp3) is 0.200. The highest BCUT2D eigenvalue weighted by Gasteiger charge is 2.24. The van der Waals surface area contributed by atoms with Crippen LogP contribution in [0.2, 0.25) is 4.34 Å². The smallest absolute Gasteiger partial charge is 0.101 e. The number of aromatic nitrogens is 3.